The van der Waals surface area contributed by atoms with Crippen LogP contribution in [0.5, 0.6) is 5.75 Å². The molecule has 3 N–H and O–H groups in total. The summed E-state index contributed by atoms with van der Waals surface area (Å²) in [6.45, 7) is 0. The summed E-state index contributed by atoms with van der Waals surface area (Å²) < 4.78 is 37.6. The Kier molecular flexibility index (Phi) is 4.50. The average Bonchev–Trinajstić information content (AvgIpc) is 2.41. The first-order chi connectivity index (χ1) is 10.2. The van der Waals surface area contributed by atoms with Gasteiger partial charge < -0.3 is 15.7 Å². The Bertz CT molecular complexity index is 607. The molecule has 1 fully saturated rings. The fourth-order valence-electron chi connectivity index (χ4n) is 2.13. The number of piperidine rings is 1. The number of benzene rings is 1. The highest BCUT2D eigenvalue weighted by atomic mass is 35.5. The Hall–Kier alpha value is -1.96. The second-order valence-corrected chi connectivity index (χ2v) is 5.32. The van der Waals surface area contributed by atoms with Crippen molar-refractivity contribution >= 4 is 29.1 Å². The molecule has 1 aliphatic rings. The molecule has 1 aromatic rings. The third kappa shape index (κ3) is 3.62. The maximum Gasteiger partial charge on any atom is 0.408 e. The quantitative estimate of drug-likeness (QED) is 0.573. The second kappa shape index (κ2) is 6.04. The molecule has 0 aliphatic carbocycles. The van der Waals surface area contributed by atoms with Gasteiger partial charge in [0.15, 0.2) is 0 Å². The van der Waals surface area contributed by atoms with Gasteiger partial charge in [-0.15, -0.1) is 0 Å². The third-order valence-corrected chi connectivity index (χ3v) is 3.54. The van der Waals surface area contributed by atoms with Crippen LogP contribution in [0, 0.1) is 5.92 Å². The minimum Gasteiger partial charge on any atom is -0.506 e. The highest BCUT2D eigenvalue weighted by Gasteiger charge is 2.45. The van der Waals surface area contributed by atoms with E-state index in [-0.39, 0.29) is 29.3 Å². The monoisotopic (exact) mass is 336 g/mol. The Morgan fingerprint density at radius 3 is 2.64 bits per heavy atom. The normalized spacial score (nSPS) is 22.1. The zero-order valence-electron chi connectivity index (χ0n) is 11.1. The number of phenols is 1. The molecule has 1 heterocycles. The number of hydrogen-bond acceptors (Lipinski definition) is 3. The fourth-order valence-corrected chi connectivity index (χ4v) is 2.30. The molecule has 0 spiro atoms. The molecule has 2 rings (SSSR count). The van der Waals surface area contributed by atoms with Crippen molar-refractivity contribution in [2.24, 2.45) is 5.92 Å². The van der Waals surface area contributed by atoms with Crippen LogP contribution < -0.4 is 10.6 Å². The van der Waals surface area contributed by atoms with E-state index >= 15 is 0 Å². The molecule has 1 aliphatic heterocycles. The van der Waals surface area contributed by atoms with E-state index in [4.69, 9.17) is 11.6 Å². The van der Waals surface area contributed by atoms with E-state index < -0.39 is 30.0 Å². The molecule has 0 radical (unpaired) electrons. The zero-order chi connectivity index (χ0) is 16.5. The lowest BCUT2D eigenvalue weighted by atomic mass is 9.92. The number of alkyl halides is 3. The van der Waals surface area contributed by atoms with Crippen LogP contribution in [0.4, 0.5) is 18.9 Å². The van der Waals surface area contributed by atoms with Crippen molar-refractivity contribution in [3.63, 3.8) is 0 Å². The van der Waals surface area contributed by atoms with Crippen molar-refractivity contribution in [3.05, 3.63) is 23.2 Å². The largest absolute Gasteiger partial charge is 0.506 e. The number of rotatable bonds is 2. The van der Waals surface area contributed by atoms with E-state index in [0.29, 0.717) is 0 Å². The smallest absolute Gasteiger partial charge is 0.408 e. The number of halogens is 4. The van der Waals surface area contributed by atoms with Crippen LogP contribution in [0.25, 0.3) is 0 Å². The van der Waals surface area contributed by atoms with Gasteiger partial charge in [-0.2, -0.15) is 13.2 Å². The first kappa shape index (κ1) is 16.4. The van der Waals surface area contributed by atoms with E-state index in [1.165, 1.54) is 18.2 Å². The summed E-state index contributed by atoms with van der Waals surface area (Å²) in [6.07, 6.45) is -5.15. The number of anilines is 1. The molecule has 9 heteroatoms. The van der Waals surface area contributed by atoms with E-state index in [1.54, 1.807) is 5.32 Å². The number of carbonyl (C=O) groups is 2. The number of phenolic OH excluding ortho intramolecular Hbond substituents is 1. The van der Waals surface area contributed by atoms with Crippen LogP contribution in [-0.4, -0.2) is 29.1 Å². The van der Waals surface area contributed by atoms with Crippen LogP contribution in [0.3, 0.4) is 0 Å². The molecule has 120 valence electrons. The lowest BCUT2D eigenvalue weighted by molar-refractivity contribution is -0.170. The number of amides is 2. The number of aromatic hydroxyl groups is 1. The first-order valence-corrected chi connectivity index (χ1v) is 6.72. The van der Waals surface area contributed by atoms with Gasteiger partial charge in [-0.3, -0.25) is 9.59 Å². The van der Waals surface area contributed by atoms with Gasteiger partial charge in [-0.1, -0.05) is 11.6 Å². The standard InChI is InChI=1S/C13H12ClF3N2O3/c14-6-1-3-9(20)8(5-6)18-11(21)7-2-4-10(13(15,16)17)19-12(7)22/h1,3,5,7,10,20H,2,4H2,(H,18,21)(H,19,22)/t7-,10+/m0/s1. The Labute approximate surface area is 128 Å². The number of carbonyl (C=O) groups excluding carboxylic acids is 2. The summed E-state index contributed by atoms with van der Waals surface area (Å²) >= 11 is 5.72. The Balaban J connectivity index is 2.05. The van der Waals surface area contributed by atoms with Crippen molar-refractivity contribution in [3.8, 4) is 5.75 Å². The predicted octanol–water partition coefficient (Wildman–Crippen LogP) is 2.44. The molecule has 5 nitrogen and oxygen atoms in total. The van der Waals surface area contributed by atoms with Crippen LogP contribution in [0.15, 0.2) is 18.2 Å². The first-order valence-electron chi connectivity index (χ1n) is 6.35. The van der Waals surface area contributed by atoms with Crippen LogP contribution in [0.1, 0.15) is 12.8 Å². The Morgan fingerprint density at radius 2 is 2.05 bits per heavy atom. The van der Waals surface area contributed by atoms with E-state index in [1.807, 2.05) is 0 Å². The molecule has 0 unspecified atom stereocenters. The molecule has 1 aromatic carbocycles. The summed E-state index contributed by atoms with van der Waals surface area (Å²) in [5, 5.41) is 13.9. The summed E-state index contributed by atoms with van der Waals surface area (Å²) in [5.41, 5.74) is -0.0109. The molecule has 0 bridgehead atoms. The lowest BCUT2D eigenvalue weighted by Gasteiger charge is -2.29. The van der Waals surface area contributed by atoms with Gasteiger partial charge in [0.25, 0.3) is 0 Å². The van der Waals surface area contributed by atoms with Crippen molar-refractivity contribution in [2.45, 2.75) is 25.1 Å². The van der Waals surface area contributed by atoms with Crippen LogP contribution in [-0.2, 0) is 9.59 Å². The van der Waals surface area contributed by atoms with Gasteiger partial charge in [0.2, 0.25) is 11.8 Å². The second-order valence-electron chi connectivity index (χ2n) is 4.88. The molecule has 0 saturated carbocycles. The van der Waals surface area contributed by atoms with Crippen LogP contribution in [0.2, 0.25) is 5.02 Å². The maximum atomic E-state index is 12.5. The minimum atomic E-state index is -4.54. The predicted molar refractivity (Wildman–Crippen MR) is 72.5 cm³/mol. The van der Waals surface area contributed by atoms with Gasteiger partial charge >= 0.3 is 6.18 Å². The van der Waals surface area contributed by atoms with Gasteiger partial charge in [0, 0.05) is 5.02 Å². The fraction of sp³-hybridized carbons (Fsp3) is 0.385. The lowest BCUT2D eigenvalue weighted by Crippen LogP contribution is -2.53. The van der Waals surface area contributed by atoms with Crippen molar-refractivity contribution in [1.29, 1.82) is 0 Å². The minimum absolute atomic E-state index is 0.0109. The van der Waals surface area contributed by atoms with E-state index in [0.717, 1.165) is 0 Å². The van der Waals surface area contributed by atoms with E-state index in [2.05, 4.69) is 5.32 Å². The molecule has 2 atom stereocenters. The van der Waals surface area contributed by atoms with Gasteiger partial charge in [-0.25, -0.2) is 0 Å². The van der Waals surface area contributed by atoms with Gasteiger partial charge in [-0.05, 0) is 31.0 Å². The molecule has 0 aromatic heterocycles. The molecular weight excluding hydrogens is 325 g/mol. The molecule has 2 amide bonds. The van der Waals surface area contributed by atoms with Gasteiger partial charge in [0.1, 0.15) is 17.7 Å². The summed E-state index contributed by atoms with van der Waals surface area (Å²) in [4.78, 5) is 23.7. The summed E-state index contributed by atoms with van der Waals surface area (Å²) in [5.74, 6) is -3.30. The SMILES string of the molecule is O=C(Nc1cc(Cl)ccc1O)[C@@H]1CC[C@H](C(F)(F)F)NC1=O. The highest BCUT2D eigenvalue weighted by molar-refractivity contribution is 6.31. The number of hydrogen-bond donors (Lipinski definition) is 3. The summed E-state index contributed by atoms with van der Waals surface area (Å²) in [6, 6.07) is 1.98. The third-order valence-electron chi connectivity index (χ3n) is 3.31. The molecule has 1 saturated heterocycles. The molecular formula is C13H12ClF3N2O3. The van der Waals surface area contributed by atoms with Crippen molar-refractivity contribution in [1.82, 2.24) is 5.32 Å². The van der Waals surface area contributed by atoms with Crippen LogP contribution >= 0.6 is 11.6 Å². The van der Waals surface area contributed by atoms with Crippen molar-refractivity contribution in [2.75, 3.05) is 5.32 Å². The van der Waals surface area contributed by atoms with Crippen molar-refractivity contribution < 1.29 is 27.9 Å². The summed E-state index contributed by atoms with van der Waals surface area (Å²) in [7, 11) is 0. The average molecular weight is 337 g/mol. The van der Waals surface area contributed by atoms with Gasteiger partial charge in [0.05, 0.1) is 5.69 Å². The zero-order valence-corrected chi connectivity index (χ0v) is 11.8. The number of nitrogens with one attached hydrogen (secondary N) is 2. The van der Waals surface area contributed by atoms with E-state index in [9.17, 15) is 27.9 Å². The topological polar surface area (TPSA) is 78.4 Å². The maximum absolute atomic E-state index is 12.5. The Morgan fingerprint density at radius 1 is 1.36 bits per heavy atom. The molecule has 22 heavy (non-hydrogen) atoms. The highest BCUT2D eigenvalue weighted by Crippen LogP contribution is 2.30.